The molecule has 0 atom stereocenters. The third-order valence-electron chi connectivity index (χ3n) is 1.22. The molecule has 11 heavy (non-hydrogen) atoms. The van der Waals surface area contributed by atoms with Crippen LogP contribution in [0.15, 0.2) is 11.5 Å². The first-order valence-corrected chi connectivity index (χ1v) is 3.28. The molecular formula is C6H6ClN3O. The fourth-order valence-corrected chi connectivity index (χ4v) is 0.888. The highest BCUT2D eigenvalue weighted by atomic mass is 35.5. The van der Waals surface area contributed by atoms with Gasteiger partial charge < -0.3 is 5.21 Å². The van der Waals surface area contributed by atoms with Gasteiger partial charge in [-0.05, 0) is 6.92 Å². The Morgan fingerprint density at radius 3 is 2.91 bits per heavy atom. The summed E-state index contributed by atoms with van der Waals surface area (Å²) < 4.78 is 0. The minimum absolute atomic E-state index is 0.287. The molecule has 1 aromatic rings. The molecule has 1 rings (SSSR count). The quantitative estimate of drug-likeness (QED) is 0.299. The van der Waals surface area contributed by atoms with Gasteiger partial charge in [-0.15, -0.1) is 0 Å². The first kappa shape index (κ1) is 7.94. The SMILES string of the molecule is Cc1ncnc(Cl)c1/C=N/O. The standard InChI is InChI=1S/C6H6ClN3O/c1-4-5(2-10-11)6(7)9-3-8-4/h2-3,11H,1H3/b10-2+. The van der Waals surface area contributed by atoms with E-state index in [1.807, 2.05) is 0 Å². The van der Waals surface area contributed by atoms with Crippen molar-refractivity contribution >= 4 is 17.8 Å². The van der Waals surface area contributed by atoms with Crippen LogP contribution in [0, 0.1) is 6.92 Å². The van der Waals surface area contributed by atoms with E-state index in [-0.39, 0.29) is 5.15 Å². The average Bonchev–Trinajstić information content (AvgIpc) is 1.97. The van der Waals surface area contributed by atoms with E-state index < -0.39 is 0 Å². The molecule has 1 heterocycles. The van der Waals surface area contributed by atoms with Gasteiger partial charge in [0.1, 0.15) is 11.5 Å². The molecule has 0 aliphatic rings. The maximum atomic E-state index is 8.22. The highest BCUT2D eigenvalue weighted by molar-refractivity contribution is 6.31. The molecule has 4 nitrogen and oxygen atoms in total. The second-order valence-corrected chi connectivity index (χ2v) is 2.27. The highest BCUT2D eigenvalue weighted by Gasteiger charge is 2.02. The van der Waals surface area contributed by atoms with Crippen LogP contribution in [0.2, 0.25) is 5.15 Å². The Kier molecular flexibility index (Phi) is 2.38. The van der Waals surface area contributed by atoms with Crippen LogP contribution in [0.25, 0.3) is 0 Å². The van der Waals surface area contributed by atoms with Gasteiger partial charge in [0.25, 0.3) is 0 Å². The van der Waals surface area contributed by atoms with Gasteiger partial charge in [-0.25, -0.2) is 9.97 Å². The number of hydrogen-bond donors (Lipinski definition) is 1. The van der Waals surface area contributed by atoms with Crippen LogP contribution in [0.1, 0.15) is 11.3 Å². The zero-order valence-corrected chi connectivity index (χ0v) is 6.58. The van der Waals surface area contributed by atoms with Gasteiger partial charge >= 0.3 is 0 Å². The first-order chi connectivity index (χ1) is 5.25. The predicted molar refractivity (Wildman–Crippen MR) is 41.2 cm³/mol. The van der Waals surface area contributed by atoms with Crippen molar-refractivity contribution in [2.45, 2.75) is 6.92 Å². The van der Waals surface area contributed by atoms with Crippen molar-refractivity contribution in [3.8, 4) is 0 Å². The van der Waals surface area contributed by atoms with E-state index >= 15 is 0 Å². The van der Waals surface area contributed by atoms with E-state index in [9.17, 15) is 0 Å². The molecule has 1 aromatic heterocycles. The summed E-state index contributed by atoms with van der Waals surface area (Å²) in [6.45, 7) is 1.75. The number of aryl methyl sites for hydroxylation is 1. The number of nitrogens with zero attached hydrogens (tertiary/aromatic N) is 3. The molecule has 0 aliphatic carbocycles. The molecule has 0 aliphatic heterocycles. The molecule has 0 spiro atoms. The molecule has 0 unspecified atom stereocenters. The summed E-state index contributed by atoms with van der Waals surface area (Å²) in [6.07, 6.45) is 2.56. The van der Waals surface area contributed by atoms with Crippen molar-refractivity contribution in [1.82, 2.24) is 9.97 Å². The lowest BCUT2D eigenvalue weighted by molar-refractivity contribution is 0.322. The van der Waals surface area contributed by atoms with E-state index in [4.69, 9.17) is 16.8 Å². The second kappa shape index (κ2) is 3.30. The lowest BCUT2D eigenvalue weighted by Gasteiger charge is -1.97. The fraction of sp³-hybridized carbons (Fsp3) is 0.167. The monoisotopic (exact) mass is 171 g/mol. The van der Waals surface area contributed by atoms with Crippen LogP contribution in [0.3, 0.4) is 0 Å². The summed E-state index contributed by atoms with van der Waals surface area (Å²) in [7, 11) is 0. The largest absolute Gasteiger partial charge is 0.411 e. The van der Waals surface area contributed by atoms with E-state index in [1.54, 1.807) is 6.92 Å². The Bertz CT molecular complexity index is 267. The molecule has 5 heteroatoms. The van der Waals surface area contributed by atoms with Crippen LogP contribution in [0.4, 0.5) is 0 Å². The van der Waals surface area contributed by atoms with Crippen LogP contribution in [-0.2, 0) is 0 Å². The summed E-state index contributed by atoms with van der Waals surface area (Å²) >= 11 is 5.65. The van der Waals surface area contributed by atoms with Crippen molar-refractivity contribution in [2.24, 2.45) is 5.16 Å². The maximum Gasteiger partial charge on any atom is 0.141 e. The summed E-state index contributed by atoms with van der Waals surface area (Å²) in [4.78, 5) is 7.57. The number of halogens is 1. The van der Waals surface area contributed by atoms with Crippen molar-refractivity contribution in [1.29, 1.82) is 0 Å². The van der Waals surface area contributed by atoms with Crippen molar-refractivity contribution in [3.63, 3.8) is 0 Å². The first-order valence-electron chi connectivity index (χ1n) is 2.90. The topological polar surface area (TPSA) is 58.4 Å². The summed E-state index contributed by atoms with van der Waals surface area (Å²) in [5, 5.41) is 11.3. The third-order valence-corrected chi connectivity index (χ3v) is 1.52. The lowest BCUT2D eigenvalue weighted by Crippen LogP contribution is -1.94. The van der Waals surface area contributed by atoms with Crippen LogP contribution >= 0.6 is 11.6 Å². The molecule has 58 valence electrons. The number of oxime groups is 1. The zero-order valence-electron chi connectivity index (χ0n) is 5.82. The predicted octanol–water partition coefficient (Wildman–Crippen LogP) is 1.25. The number of hydrogen-bond acceptors (Lipinski definition) is 4. The zero-order chi connectivity index (χ0) is 8.27. The highest BCUT2D eigenvalue weighted by Crippen LogP contribution is 2.11. The number of aromatic nitrogens is 2. The van der Waals surface area contributed by atoms with Gasteiger partial charge in [-0.2, -0.15) is 0 Å². The second-order valence-electron chi connectivity index (χ2n) is 1.91. The molecule has 0 saturated carbocycles. The van der Waals surface area contributed by atoms with Crippen molar-refractivity contribution in [3.05, 3.63) is 22.7 Å². The molecule has 0 radical (unpaired) electrons. The van der Waals surface area contributed by atoms with Gasteiger partial charge in [0.2, 0.25) is 0 Å². The van der Waals surface area contributed by atoms with Gasteiger partial charge in [0.05, 0.1) is 17.5 Å². The van der Waals surface area contributed by atoms with E-state index in [0.717, 1.165) is 0 Å². The summed E-state index contributed by atoms with van der Waals surface area (Å²) in [6, 6.07) is 0. The Morgan fingerprint density at radius 2 is 2.36 bits per heavy atom. The van der Waals surface area contributed by atoms with Gasteiger partial charge in [-0.1, -0.05) is 16.8 Å². The summed E-state index contributed by atoms with van der Waals surface area (Å²) in [5.41, 5.74) is 1.22. The lowest BCUT2D eigenvalue weighted by atomic mass is 10.3. The van der Waals surface area contributed by atoms with Crippen LogP contribution < -0.4 is 0 Å². The van der Waals surface area contributed by atoms with Crippen molar-refractivity contribution in [2.75, 3.05) is 0 Å². The van der Waals surface area contributed by atoms with Gasteiger partial charge in [-0.3, -0.25) is 0 Å². The Morgan fingerprint density at radius 1 is 1.64 bits per heavy atom. The Labute approximate surface area is 68.5 Å². The summed E-state index contributed by atoms with van der Waals surface area (Å²) in [5.74, 6) is 0. The molecule has 0 bridgehead atoms. The fourth-order valence-electron chi connectivity index (χ4n) is 0.659. The van der Waals surface area contributed by atoms with Gasteiger partial charge in [0, 0.05) is 0 Å². The third kappa shape index (κ3) is 1.65. The van der Waals surface area contributed by atoms with E-state index in [1.165, 1.54) is 12.5 Å². The maximum absolute atomic E-state index is 8.22. The Balaban J connectivity index is 3.20. The number of rotatable bonds is 1. The van der Waals surface area contributed by atoms with Crippen molar-refractivity contribution < 1.29 is 5.21 Å². The van der Waals surface area contributed by atoms with Crippen LogP contribution in [-0.4, -0.2) is 21.4 Å². The minimum Gasteiger partial charge on any atom is -0.411 e. The average molecular weight is 172 g/mol. The molecular weight excluding hydrogens is 166 g/mol. The normalized spacial score (nSPS) is 10.7. The van der Waals surface area contributed by atoms with Gasteiger partial charge in [0.15, 0.2) is 0 Å². The Hall–Kier alpha value is -1.16. The smallest absolute Gasteiger partial charge is 0.141 e. The van der Waals surface area contributed by atoms with E-state index in [0.29, 0.717) is 11.3 Å². The molecule has 0 amide bonds. The minimum atomic E-state index is 0.287. The molecule has 0 fully saturated rings. The molecule has 0 aromatic carbocycles. The molecule has 1 N–H and O–H groups in total. The van der Waals surface area contributed by atoms with Crippen LogP contribution in [0.5, 0.6) is 0 Å². The van der Waals surface area contributed by atoms with E-state index in [2.05, 4.69) is 15.1 Å². The molecule has 0 saturated heterocycles.